The number of urea groups is 1. The maximum Gasteiger partial charge on any atom is 0.333 e. The lowest BCUT2D eigenvalue weighted by molar-refractivity contribution is -0.183. The fourth-order valence-corrected chi connectivity index (χ4v) is 7.11. The van der Waals surface area contributed by atoms with E-state index in [0.717, 1.165) is 16.7 Å². The molecule has 3 saturated heterocycles. The summed E-state index contributed by atoms with van der Waals surface area (Å²) in [7, 11) is 0. The molecule has 4 atom stereocenters. The zero-order valence-corrected chi connectivity index (χ0v) is 28.0. The number of amides is 7. The summed E-state index contributed by atoms with van der Waals surface area (Å²) < 4.78 is 9.18. The number of carbonyl (C=O) groups is 8. The van der Waals surface area contributed by atoms with E-state index in [2.05, 4.69) is 16.0 Å². The number of benzene rings is 1. The van der Waals surface area contributed by atoms with Crippen molar-refractivity contribution in [3.63, 3.8) is 0 Å². The van der Waals surface area contributed by atoms with Gasteiger partial charge in [-0.1, -0.05) is 12.1 Å². The third-order valence-electron chi connectivity index (χ3n) is 8.07. The zero-order chi connectivity index (χ0) is 35.8. The molecule has 1 aromatic carbocycles. The van der Waals surface area contributed by atoms with E-state index in [-0.39, 0.29) is 37.4 Å². The van der Waals surface area contributed by atoms with Crippen molar-refractivity contribution in [3.8, 4) is 5.75 Å². The molecule has 18 heteroatoms. The molecule has 7 amide bonds. The Morgan fingerprint density at radius 2 is 1.71 bits per heavy atom. The van der Waals surface area contributed by atoms with E-state index in [4.69, 9.17) is 9.47 Å². The first kappa shape index (κ1) is 36.0. The molecule has 1 unspecified atom stereocenters. The van der Waals surface area contributed by atoms with Crippen LogP contribution >= 0.6 is 11.8 Å². The van der Waals surface area contributed by atoms with Crippen LogP contribution < -0.4 is 16.0 Å². The van der Waals surface area contributed by atoms with Crippen LogP contribution in [0.25, 0.3) is 0 Å². The highest BCUT2D eigenvalue weighted by Crippen LogP contribution is 2.54. The number of hydrogen-bond acceptors (Lipinski definition) is 12. The number of carbonyl (C=O) groups excluding carboxylic acids is 8. The molecular weight excluding hydrogens is 652 g/mol. The van der Waals surface area contributed by atoms with Gasteiger partial charge in [-0.25, -0.2) is 9.59 Å². The van der Waals surface area contributed by atoms with Gasteiger partial charge in [-0.05, 0) is 59.2 Å². The van der Waals surface area contributed by atoms with E-state index in [1.54, 1.807) is 41.5 Å². The molecule has 260 valence electrons. The van der Waals surface area contributed by atoms with Gasteiger partial charge >= 0.3 is 29.8 Å². The van der Waals surface area contributed by atoms with Gasteiger partial charge < -0.3 is 40.3 Å². The molecule has 3 heterocycles. The number of likely N-dealkylation sites (N-methyl/N-ethyl adjacent to an activating group) is 1. The number of esters is 2. The second-order valence-electron chi connectivity index (χ2n) is 12.8. The number of imide groups is 1. The highest BCUT2D eigenvalue weighted by atomic mass is 32.2. The van der Waals surface area contributed by atoms with Gasteiger partial charge in [-0.15, -0.1) is 11.8 Å². The van der Waals surface area contributed by atoms with Crippen LogP contribution in [0.15, 0.2) is 24.3 Å². The number of β-lactam (4-membered cyclic amide) rings is 1. The van der Waals surface area contributed by atoms with Crippen molar-refractivity contribution in [3.05, 3.63) is 29.8 Å². The van der Waals surface area contributed by atoms with Gasteiger partial charge in [0.05, 0.1) is 5.41 Å². The Labute approximate surface area is 280 Å². The molecule has 4 rings (SSSR count). The highest BCUT2D eigenvalue weighted by Gasteiger charge is 2.73. The molecule has 3 aliphatic heterocycles. The summed E-state index contributed by atoms with van der Waals surface area (Å²) in [6.07, 6.45) is 0.201. The van der Waals surface area contributed by atoms with E-state index >= 15 is 0 Å². The zero-order valence-electron chi connectivity index (χ0n) is 27.2. The van der Waals surface area contributed by atoms with Crippen LogP contribution in [0.5, 0.6) is 5.75 Å². The summed E-state index contributed by atoms with van der Waals surface area (Å²) in [4.78, 5) is 106. The Morgan fingerprint density at radius 1 is 1.06 bits per heavy atom. The largest absolute Gasteiger partial charge is 0.508 e. The normalized spacial score (nSPS) is 23.8. The van der Waals surface area contributed by atoms with E-state index in [9.17, 15) is 43.5 Å². The van der Waals surface area contributed by atoms with Crippen molar-refractivity contribution in [2.45, 2.75) is 69.4 Å². The lowest BCUT2D eigenvalue weighted by Gasteiger charge is -2.52. The maximum absolute atomic E-state index is 13.9. The van der Waals surface area contributed by atoms with E-state index < -0.39 is 81.7 Å². The Morgan fingerprint density at radius 3 is 2.29 bits per heavy atom. The predicted octanol–water partition coefficient (Wildman–Crippen LogP) is -0.456. The fraction of sp³-hybridized carbons (Fsp3) is 0.533. The number of ether oxygens (including phenoxy) is 2. The number of phenols is 1. The molecule has 0 radical (unpaired) electrons. The summed E-state index contributed by atoms with van der Waals surface area (Å²) >= 11 is 1.08. The Kier molecular flexibility index (Phi) is 9.99. The van der Waals surface area contributed by atoms with Gasteiger partial charge in [-0.2, -0.15) is 0 Å². The minimum Gasteiger partial charge on any atom is -0.508 e. The number of aromatic hydroxyl groups is 1. The molecule has 0 spiro atoms. The second-order valence-corrected chi connectivity index (χ2v) is 14.6. The molecule has 17 nitrogen and oxygen atoms in total. The van der Waals surface area contributed by atoms with Crippen molar-refractivity contribution >= 4 is 59.8 Å². The van der Waals surface area contributed by atoms with E-state index in [1.165, 1.54) is 29.2 Å². The Hall–Kier alpha value is -4.87. The van der Waals surface area contributed by atoms with Crippen molar-refractivity contribution in [1.82, 2.24) is 30.7 Å². The van der Waals surface area contributed by atoms with Gasteiger partial charge in [0.2, 0.25) is 24.8 Å². The number of nitrogens with zero attached hydrogens (tertiary/aromatic N) is 3. The lowest BCUT2D eigenvalue weighted by atomic mass is 9.90. The van der Waals surface area contributed by atoms with Crippen LogP contribution in [0.2, 0.25) is 0 Å². The Bertz CT molecular complexity index is 1530. The predicted molar refractivity (Wildman–Crippen MR) is 166 cm³/mol. The van der Waals surface area contributed by atoms with Crippen LogP contribution in [0.4, 0.5) is 4.79 Å². The standard InChI is InChI=1S/C30H38N6O11S/c1-7-34-12-13-35(22(41)21(34)40)27(45)32-18(16-8-10-17(38)11-9-16)20(39)33-30(31-14-37)24(43)36-19(29(5,6)48-25(30)36)23(42)46-15-47-26(44)28(2,3)4/h8-11,14,18-19,25,38H,7,12-13,15H2,1-6H3,(H,31,37)(H,32,45)(H,33,39)/t18?,19-,25+,30+/m0/s1. The molecule has 1 aromatic rings. The minimum atomic E-state index is -2.08. The first-order valence-corrected chi connectivity index (χ1v) is 15.9. The van der Waals surface area contributed by atoms with Gasteiger partial charge in [0.25, 0.3) is 5.91 Å². The third-order valence-corrected chi connectivity index (χ3v) is 9.71. The second kappa shape index (κ2) is 13.3. The number of nitrogens with one attached hydrogen (secondary N) is 3. The first-order valence-electron chi connectivity index (χ1n) is 15.0. The molecule has 4 N–H and O–H groups in total. The van der Waals surface area contributed by atoms with Gasteiger partial charge in [-0.3, -0.25) is 33.7 Å². The fourth-order valence-electron chi connectivity index (χ4n) is 5.46. The molecular formula is C30H38N6O11S. The lowest BCUT2D eigenvalue weighted by Crippen LogP contribution is -2.85. The summed E-state index contributed by atoms with van der Waals surface area (Å²) in [5, 5.41) is 16.1. The van der Waals surface area contributed by atoms with Crippen LogP contribution in [0.3, 0.4) is 0 Å². The summed E-state index contributed by atoms with van der Waals surface area (Å²) in [5.74, 6) is -5.49. The van der Waals surface area contributed by atoms with Crippen LogP contribution in [-0.2, 0) is 43.0 Å². The number of thioether (sulfide) groups is 1. The number of fused-ring (bicyclic) bond motifs is 1. The molecule has 48 heavy (non-hydrogen) atoms. The van der Waals surface area contributed by atoms with Gasteiger partial charge in [0.1, 0.15) is 23.2 Å². The van der Waals surface area contributed by atoms with Gasteiger partial charge in [0, 0.05) is 24.4 Å². The van der Waals surface area contributed by atoms with Crippen LogP contribution in [0, 0.1) is 5.41 Å². The van der Waals surface area contributed by atoms with Crippen molar-refractivity contribution in [2.24, 2.45) is 5.41 Å². The smallest absolute Gasteiger partial charge is 0.333 e. The highest BCUT2D eigenvalue weighted by molar-refractivity contribution is 8.01. The average molecular weight is 691 g/mol. The molecule has 0 saturated carbocycles. The Balaban J connectivity index is 1.56. The van der Waals surface area contributed by atoms with Crippen LogP contribution in [-0.4, -0.2) is 116 Å². The number of piperazine rings is 1. The quantitative estimate of drug-likeness (QED) is 0.0806. The molecule has 3 aliphatic rings. The number of hydrogen-bond donors (Lipinski definition) is 4. The SMILES string of the molecule is CCN1CCN(C(=O)NC(C(=O)N[C@]2(NC=O)C(=O)N3[C@@H](C(=O)OCOC(=O)C(C)(C)C)C(C)(C)S[C@@H]32)c2ccc(O)cc2)C(=O)C1=O. The number of phenolic OH excluding ortho intramolecular Hbond substituents is 1. The van der Waals surface area contributed by atoms with Crippen molar-refractivity contribution < 1.29 is 52.9 Å². The summed E-state index contributed by atoms with van der Waals surface area (Å²) in [5.41, 5.74) is -2.80. The topological polar surface area (TPSA) is 221 Å². The minimum absolute atomic E-state index is 0.0819. The first-order chi connectivity index (χ1) is 22.4. The monoisotopic (exact) mass is 690 g/mol. The van der Waals surface area contributed by atoms with Gasteiger partial charge in [0.15, 0.2) is 0 Å². The summed E-state index contributed by atoms with van der Waals surface area (Å²) in [6, 6.07) is 1.28. The molecule has 0 aliphatic carbocycles. The molecule has 3 fully saturated rings. The summed E-state index contributed by atoms with van der Waals surface area (Å²) in [6.45, 7) is 9.36. The third kappa shape index (κ3) is 6.61. The van der Waals surface area contributed by atoms with E-state index in [0.29, 0.717) is 4.90 Å². The van der Waals surface area contributed by atoms with Crippen molar-refractivity contribution in [1.29, 1.82) is 0 Å². The average Bonchev–Trinajstić information content (AvgIpc) is 3.29. The van der Waals surface area contributed by atoms with Crippen molar-refractivity contribution in [2.75, 3.05) is 26.4 Å². The number of rotatable bonds is 10. The molecule has 0 aromatic heterocycles. The molecule has 0 bridgehead atoms. The van der Waals surface area contributed by atoms with Crippen LogP contribution in [0.1, 0.15) is 53.1 Å². The maximum atomic E-state index is 13.9. The van der Waals surface area contributed by atoms with E-state index in [1.807, 2.05) is 0 Å².